The Morgan fingerprint density at radius 2 is 1.86 bits per heavy atom. The van der Waals surface area contributed by atoms with E-state index in [0.29, 0.717) is 21.6 Å². The summed E-state index contributed by atoms with van der Waals surface area (Å²) in [6.07, 6.45) is 0. The minimum Gasteiger partial charge on any atom is -0.474 e. The van der Waals surface area contributed by atoms with E-state index >= 15 is 0 Å². The second kappa shape index (κ2) is 8.91. The van der Waals surface area contributed by atoms with Gasteiger partial charge < -0.3 is 18.6 Å². The molecule has 1 aromatic heterocycles. The molecule has 0 unspecified atom stereocenters. The normalized spacial score (nSPS) is 10.8. The number of carbonyl (C=O) groups is 1. The molecule has 0 saturated carbocycles. The molecule has 6 nitrogen and oxygen atoms in total. The van der Waals surface area contributed by atoms with Gasteiger partial charge in [0.15, 0.2) is 12.4 Å². The lowest BCUT2D eigenvalue weighted by molar-refractivity contribution is -0.147. The number of fused-ring (bicyclic) bond motifs is 1. The SMILES string of the molecule is COCCOC(=O)COc1c(-c2ccc(Cl)cc2)oc2cc(C)ccc2c1=O. The number of hydrogen-bond donors (Lipinski definition) is 0. The van der Waals surface area contributed by atoms with Crippen molar-refractivity contribution in [3.63, 3.8) is 0 Å². The largest absolute Gasteiger partial charge is 0.474 e. The predicted octanol–water partition coefficient (Wildman–Crippen LogP) is 3.99. The Balaban J connectivity index is 2.00. The highest BCUT2D eigenvalue weighted by Gasteiger charge is 2.19. The fraction of sp³-hybridized carbons (Fsp3) is 0.238. The van der Waals surface area contributed by atoms with Gasteiger partial charge in [-0.05, 0) is 48.9 Å². The number of carbonyl (C=O) groups excluding carboxylic acids is 1. The minimum absolute atomic E-state index is 0.0534. The molecule has 0 saturated heterocycles. The van der Waals surface area contributed by atoms with E-state index in [0.717, 1.165) is 5.56 Å². The monoisotopic (exact) mass is 402 g/mol. The Kier molecular flexibility index (Phi) is 6.34. The molecule has 3 aromatic rings. The third kappa shape index (κ3) is 4.52. The van der Waals surface area contributed by atoms with Crippen molar-refractivity contribution < 1.29 is 23.4 Å². The van der Waals surface area contributed by atoms with Crippen LogP contribution in [0, 0.1) is 6.92 Å². The van der Waals surface area contributed by atoms with E-state index in [4.69, 9.17) is 30.2 Å². The van der Waals surface area contributed by atoms with Gasteiger partial charge in [0.1, 0.15) is 12.2 Å². The summed E-state index contributed by atoms with van der Waals surface area (Å²) < 4.78 is 21.3. The highest BCUT2D eigenvalue weighted by Crippen LogP contribution is 2.32. The molecule has 0 atom stereocenters. The van der Waals surface area contributed by atoms with Crippen LogP contribution in [-0.2, 0) is 14.3 Å². The van der Waals surface area contributed by atoms with Crippen LogP contribution in [0.1, 0.15) is 5.56 Å². The predicted molar refractivity (Wildman–Crippen MR) is 106 cm³/mol. The van der Waals surface area contributed by atoms with E-state index in [1.165, 1.54) is 7.11 Å². The maximum atomic E-state index is 13.0. The molecule has 0 spiro atoms. The highest BCUT2D eigenvalue weighted by molar-refractivity contribution is 6.30. The molecule has 2 aromatic carbocycles. The van der Waals surface area contributed by atoms with Crippen molar-refractivity contribution in [1.82, 2.24) is 0 Å². The number of hydrogen-bond acceptors (Lipinski definition) is 6. The van der Waals surface area contributed by atoms with Gasteiger partial charge in [0.05, 0.1) is 12.0 Å². The lowest BCUT2D eigenvalue weighted by Crippen LogP contribution is -2.20. The zero-order valence-corrected chi connectivity index (χ0v) is 16.2. The molecule has 3 rings (SSSR count). The number of methoxy groups -OCH3 is 1. The number of halogens is 1. The molecule has 0 bridgehead atoms. The molecular weight excluding hydrogens is 384 g/mol. The van der Waals surface area contributed by atoms with Crippen LogP contribution in [0.15, 0.2) is 51.7 Å². The maximum Gasteiger partial charge on any atom is 0.344 e. The van der Waals surface area contributed by atoms with E-state index in [1.54, 1.807) is 36.4 Å². The summed E-state index contributed by atoms with van der Waals surface area (Å²) in [6.45, 7) is 1.86. The standard InChI is InChI=1S/C21H19ClO6/c1-13-3-8-16-17(11-13)28-20(14-4-6-15(22)7-5-14)21(19(16)24)27-12-18(23)26-10-9-25-2/h3-8,11H,9-10,12H2,1-2H3. The lowest BCUT2D eigenvalue weighted by Gasteiger charge is -2.12. The summed E-state index contributed by atoms with van der Waals surface area (Å²) in [7, 11) is 1.50. The molecule has 0 aliphatic heterocycles. The van der Waals surface area contributed by atoms with Crippen LogP contribution >= 0.6 is 11.6 Å². The first kappa shape index (κ1) is 19.9. The minimum atomic E-state index is -0.609. The zero-order valence-electron chi connectivity index (χ0n) is 15.5. The van der Waals surface area contributed by atoms with Crippen LogP contribution < -0.4 is 10.2 Å². The molecule has 1 heterocycles. The first-order chi connectivity index (χ1) is 13.5. The van der Waals surface area contributed by atoms with Gasteiger partial charge in [-0.1, -0.05) is 17.7 Å². The number of rotatable bonds is 7. The first-order valence-corrected chi connectivity index (χ1v) is 8.98. The van der Waals surface area contributed by atoms with Crippen LogP contribution in [0.5, 0.6) is 5.75 Å². The summed E-state index contributed by atoms with van der Waals surface area (Å²) in [4.78, 5) is 24.8. The summed E-state index contributed by atoms with van der Waals surface area (Å²) in [6, 6.07) is 12.0. The molecule has 0 N–H and O–H groups in total. The van der Waals surface area contributed by atoms with Crippen LogP contribution in [0.3, 0.4) is 0 Å². The average molecular weight is 403 g/mol. The van der Waals surface area contributed by atoms with Gasteiger partial charge in [-0.15, -0.1) is 0 Å². The molecular formula is C21H19ClO6. The molecule has 0 aliphatic rings. The number of aryl methyl sites for hydroxylation is 1. The average Bonchev–Trinajstić information content (AvgIpc) is 2.67. The van der Waals surface area contributed by atoms with Gasteiger partial charge in [-0.2, -0.15) is 0 Å². The van der Waals surface area contributed by atoms with Crippen LogP contribution in [0.4, 0.5) is 0 Å². The van der Waals surface area contributed by atoms with Gasteiger partial charge in [0.25, 0.3) is 0 Å². The molecule has 0 radical (unpaired) electrons. The second-order valence-electron chi connectivity index (χ2n) is 6.10. The topological polar surface area (TPSA) is 75.0 Å². The van der Waals surface area contributed by atoms with Crippen molar-refractivity contribution in [1.29, 1.82) is 0 Å². The van der Waals surface area contributed by atoms with E-state index in [2.05, 4.69) is 0 Å². The summed E-state index contributed by atoms with van der Waals surface area (Å²) in [5.41, 5.74) is 1.63. The highest BCUT2D eigenvalue weighted by atomic mass is 35.5. The van der Waals surface area contributed by atoms with Gasteiger partial charge in [-0.3, -0.25) is 4.79 Å². The summed E-state index contributed by atoms with van der Waals surface area (Å²) in [5, 5.41) is 0.915. The van der Waals surface area contributed by atoms with Gasteiger partial charge in [0.2, 0.25) is 11.2 Å². The second-order valence-corrected chi connectivity index (χ2v) is 6.53. The molecule has 146 valence electrons. The zero-order chi connectivity index (χ0) is 20.1. The Morgan fingerprint density at radius 3 is 2.57 bits per heavy atom. The van der Waals surface area contributed by atoms with E-state index in [9.17, 15) is 9.59 Å². The van der Waals surface area contributed by atoms with Crippen LogP contribution in [0.2, 0.25) is 5.02 Å². The summed E-state index contributed by atoms with van der Waals surface area (Å²) in [5.74, 6) is -0.436. The van der Waals surface area contributed by atoms with Crippen molar-refractivity contribution in [3.05, 3.63) is 63.3 Å². The van der Waals surface area contributed by atoms with E-state index in [1.807, 2.05) is 13.0 Å². The number of esters is 1. The third-order valence-corrected chi connectivity index (χ3v) is 4.25. The molecule has 0 fully saturated rings. The van der Waals surface area contributed by atoms with Gasteiger partial charge >= 0.3 is 5.97 Å². The van der Waals surface area contributed by atoms with Crippen molar-refractivity contribution in [2.45, 2.75) is 6.92 Å². The number of benzene rings is 2. The Bertz CT molecular complexity index is 1040. The Labute approximate surface area is 166 Å². The fourth-order valence-corrected chi connectivity index (χ4v) is 2.74. The van der Waals surface area contributed by atoms with Crippen LogP contribution in [0.25, 0.3) is 22.3 Å². The van der Waals surface area contributed by atoms with Crippen molar-refractivity contribution in [2.75, 3.05) is 26.9 Å². The van der Waals surface area contributed by atoms with E-state index < -0.39 is 12.6 Å². The Hall–Kier alpha value is -2.83. The van der Waals surface area contributed by atoms with Crippen molar-refractivity contribution in [3.8, 4) is 17.1 Å². The van der Waals surface area contributed by atoms with Crippen LogP contribution in [-0.4, -0.2) is 32.9 Å². The van der Waals surface area contributed by atoms with Gasteiger partial charge in [-0.25, -0.2) is 4.79 Å². The smallest absolute Gasteiger partial charge is 0.344 e. The lowest BCUT2D eigenvalue weighted by atomic mass is 10.1. The van der Waals surface area contributed by atoms with Gasteiger partial charge in [0, 0.05) is 17.7 Å². The summed E-state index contributed by atoms with van der Waals surface area (Å²) >= 11 is 5.95. The van der Waals surface area contributed by atoms with Crippen molar-refractivity contribution >= 4 is 28.5 Å². The first-order valence-electron chi connectivity index (χ1n) is 8.60. The maximum absolute atomic E-state index is 13.0. The quantitative estimate of drug-likeness (QED) is 0.439. The van der Waals surface area contributed by atoms with Crippen molar-refractivity contribution in [2.24, 2.45) is 0 Å². The molecule has 28 heavy (non-hydrogen) atoms. The number of ether oxygens (including phenoxy) is 3. The van der Waals surface area contributed by atoms with E-state index in [-0.39, 0.29) is 30.2 Å². The molecule has 0 aliphatic carbocycles. The Morgan fingerprint density at radius 1 is 1.11 bits per heavy atom. The molecule has 7 heteroatoms. The third-order valence-electron chi connectivity index (χ3n) is 4.00. The molecule has 0 amide bonds. The fourth-order valence-electron chi connectivity index (χ4n) is 2.62.